The zero-order valence-corrected chi connectivity index (χ0v) is 14.5. The molecule has 3 atom stereocenters. The number of aromatic nitrogens is 2. The van der Waals surface area contributed by atoms with Gasteiger partial charge in [0.25, 0.3) is 0 Å². The van der Waals surface area contributed by atoms with Crippen LogP contribution in [0.3, 0.4) is 0 Å². The van der Waals surface area contributed by atoms with Gasteiger partial charge in [-0.1, -0.05) is 46.2 Å². The zero-order valence-electron chi connectivity index (χ0n) is 13.7. The van der Waals surface area contributed by atoms with Crippen LogP contribution in [0.15, 0.2) is 6.33 Å². The molecule has 2 bridgehead atoms. The second-order valence-electron chi connectivity index (χ2n) is 8.07. The van der Waals surface area contributed by atoms with Crippen LogP contribution in [0.2, 0.25) is 5.15 Å². The SMILES string of the molecule is CC(C)c1c(Cl)ncnc1NC1C2(C)CCC(C2)C1(C)C. The molecule has 1 aromatic heterocycles. The molecule has 2 aliphatic carbocycles. The van der Waals surface area contributed by atoms with Gasteiger partial charge in [-0.25, -0.2) is 9.97 Å². The minimum absolute atomic E-state index is 0.304. The molecule has 0 amide bonds. The molecule has 3 unspecified atom stereocenters. The summed E-state index contributed by atoms with van der Waals surface area (Å²) < 4.78 is 0. The predicted molar refractivity (Wildman–Crippen MR) is 87.8 cm³/mol. The molecule has 0 aromatic carbocycles. The van der Waals surface area contributed by atoms with Crippen molar-refractivity contribution >= 4 is 17.4 Å². The van der Waals surface area contributed by atoms with Crippen LogP contribution in [0.1, 0.15) is 65.4 Å². The Balaban J connectivity index is 1.96. The van der Waals surface area contributed by atoms with E-state index in [4.69, 9.17) is 11.6 Å². The van der Waals surface area contributed by atoms with Gasteiger partial charge in [-0.3, -0.25) is 0 Å². The highest BCUT2D eigenvalue weighted by Gasteiger charge is 2.59. The average Bonchev–Trinajstić information content (AvgIpc) is 2.85. The topological polar surface area (TPSA) is 37.8 Å². The van der Waals surface area contributed by atoms with E-state index in [1.165, 1.54) is 19.3 Å². The molecule has 116 valence electrons. The van der Waals surface area contributed by atoms with E-state index in [1.807, 2.05) is 0 Å². The third-order valence-electron chi connectivity index (χ3n) is 5.96. The molecule has 3 nitrogen and oxygen atoms in total. The first-order chi connectivity index (χ1) is 9.75. The van der Waals surface area contributed by atoms with Crippen molar-refractivity contribution in [3.05, 3.63) is 17.0 Å². The fourth-order valence-electron chi connectivity index (χ4n) is 4.80. The number of hydrogen-bond donors (Lipinski definition) is 1. The van der Waals surface area contributed by atoms with Gasteiger partial charge < -0.3 is 5.32 Å². The van der Waals surface area contributed by atoms with Crippen LogP contribution in [-0.4, -0.2) is 16.0 Å². The van der Waals surface area contributed by atoms with E-state index in [0.717, 1.165) is 17.3 Å². The lowest BCUT2D eigenvalue weighted by Crippen LogP contribution is -2.46. The molecule has 0 spiro atoms. The number of nitrogens with one attached hydrogen (secondary N) is 1. The van der Waals surface area contributed by atoms with Gasteiger partial charge in [0, 0.05) is 11.6 Å². The molecule has 0 radical (unpaired) electrons. The summed E-state index contributed by atoms with van der Waals surface area (Å²) in [7, 11) is 0. The Morgan fingerprint density at radius 1 is 1.29 bits per heavy atom. The van der Waals surface area contributed by atoms with E-state index >= 15 is 0 Å². The Morgan fingerprint density at radius 3 is 2.57 bits per heavy atom. The number of rotatable bonds is 3. The number of fused-ring (bicyclic) bond motifs is 2. The molecule has 21 heavy (non-hydrogen) atoms. The van der Waals surface area contributed by atoms with Crippen LogP contribution in [-0.2, 0) is 0 Å². The van der Waals surface area contributed by atoms with Crippen molar-refractivity contribution in [2.24, 2.45) is 16.7 Å². The van der Waals surface area contributed by atoms with Crippen molar-refractivity contribution in [1.82, 2.24) is 9.97 Å². The van der Waals surface area contributed by atoms with Crippen molar-refractivity contribution in [1.29, 1.82) is 0 Å². The summed E-state index contributed by atoms with van der Waals surface area (Å²) in [5, 5.41) is 4.34. The fraction of sp³-hybridized carbons (Fsp3) is 0.765. The molecule has 2 aliphatic rings. The van der Waals surface area contributed by atoms with E-state index in [2.05, 4.69) is 49.9 Å². The van der Waals surface area contributed by atoms with Crippen molar-refractivity contribution in [3.63, 3.8) is 0 Å². The highest BCUT2D eigenvalue weighted by atomic mass is 35.5. The first-order valence-corrected chi connectivity index (χ1v) is 8.40. The van der Waals surface area contributed by atoms with E-state index in [9.17, 15) is 0 Å². The summed E-state index contributed by atoms with van der Waals surface area (Å²) in [5.41, 5.74) is 1.72. The highest BCUT2D eigenvalue weighted by molar-refractivity contribution is 6.30. The molecule has 1 aromatic rings. The molecule has 1 heterocycles. The van der Waals surface area contributed by atoms with Crippen LogP contribution >= 0.6 is 11.6 Å². The molecule has 2 fully saturated rings. The first kappa shape index (κ1) is 15.1. The molecule has 2 saturated carbocycles. The lowest BCUT2D eigenvalue weighted by atomic mass is 9.68. The van der Waals surface area contributed by atoms with Gasteiger partial charge in [-0.15, -0.1) is 0 Å². The van der Waals surface area contributed by atoms with Gasteiger partial charge in [-0.2, -0.15) is 0 Å². The molecule has 4 heteroatoms. The van der Waals surface area contributed by atoms with E-state index < -0.39 is 0 Å². The minimum atomic E-state index is 0.304. The number of halogens is 1. The van der Waals surface area contributed by atoms with Crippen LogP contribution in [0, 0.1) is 16.7 Å². The Labute approximate surface area is 132 Å². The molecule has 0 aliphatic heterocycles. The van der Waals surface area contributed by atoms with Gasteiger partial charge in [0.2, 0.25) is 0 Å². The fourth-order valence-corrected chi connectivity index (χ4v) is 5.15. The van der Waals surface area contributed by atoms with E-state index in [-0.39, 0.29) is 0 Å². The normalized spacial score (nSPS) is 33.7. The molecular formula is C17H26ClN3. The quantitative estimate of drug-likeness (QED) is 0.809. The summed E-state index contributed by atoms with van der Waals surface area (Å²) in [6, 6.07) is 0.451. The third-order valence-corrected chi connectivity index (χ3v) is 6.26. The lowest BCUT2D eigenvalue weighted by molar-refractivity contribution is 0.155. The summed E-state index contributed by atoms with van der Waals surface area (Å²) in [6.07, 6.45) is 5.57. The third kappa shape index (κ3) is 2.25. The predicted octanol–water partition coefficient (Wildman–Crippen LogP) is 4.88. The Bertz CT molecular complexity index is 550. The van der Waals surface area contributed by atoms with Crippen LogP contribution in [0.25, 0.3) is 0 Å². The van der Waals surface area contributed by atoms with Crippen molar-refractivity contribution in [2.45, 2.75) is 65.8 Å². The standard InChI is InChI=1S/C17H26ClN3/c1-10(2)12-13(18)19-9-20-14(12)21-15-16(3,4)11-6-7-17(15,5)8-11/h9-11,15H,6-8H2,1-5H3,(H,19,20,21). The Morgan fingerprint density at radius 2 is 2.00 bits per heavy atom. The number of hydrogen-bond acceptors (Lipinski definition) is 3. The van der Waals surface area contributed by atoms with Gasteiger partial charge in [0.1, 0.15) is 17.3 Å². The highest BCUT2D eigenvalue weighted by Crippen LogP contribution is 2.63. The molecule has 1 N–H and O–H groups in total. The van der Waals surface area contributed by atoms with Gasteiger partial charge in [-0.05, 0) is 41.9 Å². The Kier molecular flexibility index (Phi) is 3.47. The maximum Gasteiger partial charge on any atom is 0.138 e. The maximum absolute atomic E-state index is 6.30. The summed E-state index contributed by atoms with van der Waals surface area (Å²) in [5.74, 6) is 2.06. The monoisotopic (exact) mass is 307 g/mol. The smallest absolute Gasteiger partial charge is 0.138 e. The van der Waals surface area contributed by atoms with Gasteiger partial charge >= 0.3 is 0 Å². The zero-order chi connectivity index (χ0) is 15.4. The average molecular weight is 308 g/mol. The summed E-state index contributed by atoms with van der Waals surface area (Å²) in [6.45, 7) is 11.5. The van der Waals surface area contributed by atoms with Crippen molar-refractivity contribution < 1.29 is 0 Å². The summed E-state index contributed by atoms with van der Waals surface area (Å²) >= 11 is 6.30. The van der Waals surface area contributed by atoms with Crippen molar-refractivity contribution in [2.75, 3.05) is 5.32 Å². The first-order valence-electron chi connectivity index (χ1n) is 8.02. The second kappa shape index (κ2) is 4.84. The molecular weight excluding hydrogens is 282 g/mol. The van der Waals surface area contributed by atoms with Crippen molar-refractivity contribution in [3.8, 4) is 0 Å². The van der Waals surface area contributed by atoms with Crippen LogP contribution < -0.4 is 5.32 Å². The second-order valence-corrected chi connectivity index (χ2v) is 8.43. The molecule has 0 saturated heterocycles. The minimum Gasteiger partial charge on any atom is -0.366 e. The largest absolute Gasteiger partial charge is 0.366 e. The van der Waals surface area contributed by atoms with E-state index in [1.54, 1.807) is 6.33 Å². The van der Waals surface area contributed by atoms with Gasteiger partial charge in [0.15, 0.2) is 0 Å². The molecule has 3 rings (SSSR count). The van der Waals surface area contributed by atoms with Crippen LogP contribution in [0.5, 0.6) is 0 Å². The van der Waals surface area contributed by atoms with Crippen LogP contribution in [0.4, 0.5) is 5.82 Å². The lowest BCUT2D eigenvalue weighted by Gasteiger charge is -2.43. The van der Waals surface area contributed by atoms with E-state index in [0.29, 0.717) is 27.9 Å². The van der Waals surface area contributed by atoms with Gasteiger partial charge in [0.05, 0.1) is 0 Å². The Hall–Kier alpha value is -0.830. The number of nitrogens with zero attached hydrogens (tertiary/aromatic N) is 2. The maximum atomic E-state index is 6.30. The number of anilines is 1. The summed E-state index contributed by atoms with van der Waals surface area (Å²) in [4.78, 5) is 8.65.